The van der Waals surface area contributed by atoms with Crippen molar-refractivity contribution in [2.45, 2.75) is 0 Å². The topological polar surface area (TPSA) is 123 Å². The molecular weight excluding hydrogens is 252 g/mol. The zero-order chi connectivity index (χ0) is 14.1. The second-order valence-corrected chi connectivity index (χ2v) is 3.61. The number of hydrogen-bond donors (Lipinski definition) is 5. The van der Waals surface area contributed by atoms with Crippen LogP contribution in [0.1, 0.15) is 0 Å². The van der Waals surface area contributed by atoms with E-state index in [1.54, 1.807) is 0 Å². The molecule has 0 aliphatic carbocycles. The number of aliphatic hydroxyl groups excluding tert-OH is 1. The Labute approximate surface area is 109 Å². The molecule has 0 saturated heterocycles. The van der Waals surface area contributed by atoms with Crippen molar-refractivity contribution >= 4 is 17.5 Å². The van der Waals surface area contributed by atoms with Crippen LogP contribution in [0.2, 0.25) is 0 Å². The minimum Gasteiger partial charge on any atom is -0.395 e. The fourth-order valence-electron chi connectivity index (χ4n) is 1.24. The van der Waals surface area contributed by atoms with Gasteiger partial charge in [0, 0.05) is 38.1 Å². The van der Waals surface area contributed by atoms with Crippen molar-refractivity contribution in [1.82, 2.24) is 15.6 Å². The number of carbonyl (C=O) groups is 2. The quantitative estimate of drug-likeness (QED) is 0.302. The summed E-state index contributed by atoms with van der Waals surface area (Å²) in [6.45, 7) is 1.11. The molecule has 0 aromatic carbocycles. The van der Waals surface area contributed by atoms with Gasteiger partial charge in [-0.15, -0.1) is 0 Å². The first-order valence-electron chi connectivity index (χ1n) is 5.73. The number of nitrogens with one attached hydrogen (secondary N) is 4. The van der Waals surface area contributed by atoms with Gasteiger partial charge in [-0.2, -0.15) is 0 Å². The second kappa shape index (κ2) is 8.01. The number of hydrogen-bond acceptors (Lipinski definition) is 5. The molecule has 0 saturated carbocycles. The average molecular weight is 268 g/mol. The largest absolute Gasteiger partial charge is 0.395 e. The molecule has 1 heterocycles. The minimum absolute atomic E-state index is 0.00518. The number of H-pyrrole nitrogens is 1. The molecule has 0 atom stereocenters. The Morgan fingerprint density at radius 3 is 2.68 bits per heavy atom. The molecule has 8 nitrogen and oxygen atoms in total. The smallest absolute Gasteiger partial charge is 0.313 e. The van der Waals surface area contributed by atoms with Gasteiger partial charge >= 0.3 is 11.8 Å². The summed E-state index contributed by atoms with van der Waals surface area (Å²) in [6.07, 6.45) is 2.72. The molecule has 2 amide bonds. The van der Waals surface area contributed by atoms with Gasteiger partial charge < -0.3 is 26.0 Å². The van der Waals surface area contributed by atoms with Gasteiger partial charge in [-0.25, -0.2) is 0 Å². The standard InChI is InChI=1S/C11H16N4O4/c16-6-5-12-3-4-14-10(18)11(19)15-8-7-13-2-1-9(8)17/h1-2,7,12,16H,3-6H2,(H,13,17)(H,14,18)(H,15,19). The molecule has 1 rings (SSSR count). The molecule has 1 aromatic heterocycles. The van der Waals surface area contributed by atoms with E-state index in [2.05, 4.69) is 20.9 Å². The molecule has 0 spiro atoms. The number of carbonyl (C=O) groups excluding carboxylic acids is 2. The maximum Gasteiger partial charge on any atom is 0.313 e. The monoisotopic (exact) mass is 268 g/mol. The van der Waals surface area contributed by atoms with Crippen LogP contribution in [0.3, 0.4) is 0 Å². The molecule has 5 N–H and O–H groups in total. The first-order valence-corrected chi connectivity index (χ1v) is 5.73. The first kappa shape index (κ1) is 14.9. The summed E-state index contributed by atoms with van der Waals surface area (Å²) in [5, 5.41) is 15.9. The Kier molecular flexibility index (Phi) is 6.27. The van der Waals surface area contributed by atoms with E-state index in [1.165, 1.54) is 18.5 Å². The van der Waals surface area contributed by atoms with Gasteiger partial charge in [0.2, 0.25) is 5.43 Å². The fourth-order valence-corrected chi connectivity index (χ4v) is 1.24. The highest BCUT2D eigenvalue weighted by molar-refractivity contribution is 6.39. The Morgan fingerprint density at radius 1 is 1.21 bits per heavy atom. The number of aliphatic hydroxyl groups is 1. The van der Waals surface area contributed by atoms with E-state index in [0.717, 1.165) is 0 Å². The summed E-state index contributed by atoms with van der Waals surface area (Å²) in [6, 6.07) is 1.24. The van der Waals surface area contributed by atoms with E-state index in [0.29, 0.717) is 13.1 Å². The van der Waals surface area contributed by atoms with Gasteiger partial charge in [0.1, 0.15) is 5.69 Å². The van der Waals surface area contributed by atoms with Crippen molar-refractivity contribution in [3.63, 3.8) is 0 Å². The Hall–Kier alpha value is -2.19. The second-order valence-electron chi connectivity index (χ2n) is 3.61. The highest BCUT2D eigenvalue weighted by Crippen LogP contribution is 1.94. The number of pyridine rings is 1. The third kappa shape index (κ3) is 5.32. The normalized spacial score (nSPS) is 9.95. The third-order valence-electron chi connectivity index (χ3n) is 2.15. The van der Waals surface area contributed by atoms with Crippen LogP contribution in [0.15, 0.2) is 23.3 Å². The Bertz CT molecular complexity index is 486. The van der Waals surface area contributed by atoms with Crippen LogP contribution >= 0.6 is 0 Å². The average Bonchev–Trinajstić information content (AvgIpc) is 2.41. The van der Waals surface area contributed by atoms with Crippen LogP contribution in [-0.4, -0.2) is 48.1 Å². The summed E-state index contributed by atoms with van der Waals surface area (Å²) in [5.74, 6) is -1.73. The summed E-state index contributed by atoms with van der Waals surface area (Å²) < 4.78 is 0. The predicted molar refractivity (Wildman–Crippen MR) is 68.7 cm³/mol. The number of aromatic amines is 1. The predicted octanol–water partition coefficient (Wildman–Crippen LogP) is -1.99. The van der Waals surface area contributed by atoms with Crippen molar-refractivity contribution in [2.75, 3.05) is 31.6 Å². The van der Waals surface area contributed by atoms with Gasteiger partial charge in [0.05, 0.1) is 6.61 Å². The molecule has 0 unspecified atom stereocenters. The molecule has 0 aliphatic heterocycles. The highest BCUT2D eigenvalue weighted by atomic mass is 16.3. The summed E-state index contributed by atoms with van der Waals surface area (Å²) in [7, 11) is 0. The number of aromatic nitrogens is 1. The summed E-state index contributed by atoms with van der Waals surface area (Å²) in [5.41, 5.74) is -0.370. The minimum atomic E-state index is -0.904. The van der Waals surface area contributed by atoms with Crippen molar-refractivity contribution in [1.29, 1.82) is 0 Å². The number of rotatable bonds is 6. The summed E-state index contributed by atoms with van der Waals surface area (Å²) >= 11 is 0. The lowest BCUT2D eigenvalue weighted by molar-refractivity contribution is -0.136. The van der Waals surface area contributed by atoms with Gasteiger partial charge in [-0.3, -0.25) is 14.4 Å². The van der Waals surface area contributed by atoms with E-state index in [4.69, 9.17) is 5.11 Å². The Balaban J connectivity index is 2.35. The lowest BCUT2D eigenvalue weighted by Crippen LogP contribution is -2.40. The molecular formula is C11H16N4O4. The molecule has 0 fully saturated rings. The Morgan fingerprint density at radius 2 is 2.00 bits per heavy atom. The molecule has 19 heavy (non-hydrogen) atoms. The van der Waals surface area contributed by atoms with Crippen molar-refractivity contribution in [3.8, 4) is 0 Å². The first-order chi connectivity index (χ1) is 9.15. The van der Waals surface area contributed by atoms with E-state index >= 15 is 0 Å². The number of anilines is 1. The van der Waals surface area contributed by atoms with Gasteiger partial charge in [0.15, 0.2) is 0 Å². The maximum absolute atomic E-state index is 11.4. The lowest BCUT2D eigenvalue weighted by Gasteiger charge is -2.06. The lowest BCUT2D eigenvalue weighted by atomic mass is 10.4. The van der Waals surface area contributed by atoms with Crippen LogP contribution in [0.5, 0.6) is 0 Å². The van der Waals surface area contributed by atoms with E-state index in [-0.39, 0.29) is 24.3 Å². The van der Waals surface area contributed by atoms with E-state index < -0.39 is 11.8 Å². The molecule has 0 aliphatic rings. The fraction of sp³-hybridized carbons (Fsp3) is 0.364. The third-order valence-corrected chi connectivity index (χ3v) is 2.15. The molecule has 0 bridgehead atoms. The summed E-state index contributed by atoms with van der Waals surface area (Å²) in [4.78, 5) is 36.8. The van der Waals surface area contributed by atoms with Crippen LogP contribution in [0.25, 0.3) is 0 Å². The van der Waals surface area contributed by atoms with E-state index in [1.807, 2.05) is 0 Å². The maximum atomic E-state index is 11.4. The highest BCUT2D eigenvalue weighted by Gasteiger charge is 2.13. The van der Waals surface area contributed by atoms with Crippen LogP contribution in [0.4, 0.5) is 5.69 Å². The SMILES string of the molecule is O=C(NCCNCCO)C(=O)Nc1c[nH]ccc1=O. The molecule has 1 aromatic rings. The van der Waals surface area contributed by atoms with Crippen molar-refractivity contribution in [3.05, 3.63) is 28.7 Å². The van der Waals surface area contributed by atoms with Crippen LogP contribution in [-0.2, 0) is 9.59 Å². The van der Waals surface area contributed by atoms with Crippen LogP contribution in [0, 0.1) is 0 Å². The van der Waals surface area contributed by atoms with Gasteiger partial charge in [-0.05, 0) is 0 Å². The van der Waals surface area contributed by atoms with E-state index in [9.17, 15) is 14.4 Å². The molecule has 8 heteroatoms. The van der Waals surface area contributed by atoms with Gasteiger partial charge in [-0.1, -0.05) is 0 Å². The van der Waals surface area contributed by atoms with Crippen molar-refractivity contribution in [2.24, 2.45) is 0 Å². The van der Waals surface area contributed by atoms with Crippen molar-refractivity contribution < 1.29 is 14.7 Å². The number of amides is 2. The zero-order valence-electron chi connectivity index (χ0n) is 10.2. The van der Waals surface area contributed by atoms with Gasteiger partial charge in [0.25, 0.3) is 0 Å². The van der Waals surface area contributed by atoms with Crippen LogP contribution < -0.4 is 21.4 Å². The molecule has 0 radical (unpaired) electrons. The zero-order valence-corrected chi connectivity index (χ0v) is 10.2. The molecule has 104 valence electrons.